The lowest BCUT2D eigenvalue weighted by molar-refractivity contribution is -0.0295. The van der Waals surface area contributed by atoms with Gasteiger partial charge in [-0.05, 0) is 12.1 Å². The standard InChI is InChI=1S/C19H26FN3O4/c1-3-8-21-19(25)23-10-12-27-15(14-23)13-22(9-11-26-2)18(24)16-6-4-5-7-17(16)20/h3-7,15H,1,8-14H2,2H3,(H,21,25). The van der Waals surface area contributed by atoms with Crippen molar-refractivity contribution >= 4 is 11.9 Å². The number of morpholine rings is 1. The van der Waals surface area contributed by atoms with Crippen LogP contribution in [0.5, 0.6) is 0 Å². The van der Waals surface area contributed by atoms with E-state index < -0.39 is 11.7 Å². The van der Waals surface area contributed by atoms with Crippen molar-refractivity contribution in [3.8, 4) is 0 Å². The molecule has 1 N–H and O–H groups in total. The van der Waals surface area contributed by atoms with Crippen molar-refractivity contribution in [3.05, 3.63) is 48.3 Å². The highest BCUT2D eigenvalue weighted by Crippen LogP contribution is 2.13. The number of hydrogen-bond acceptors (Lipinski definition) is 4. The van der Waals surface area contributed by atoms with Crippen molar-refractivity contribution in [1.29, 1.82) is 0 Å². The number of urea groups is 1. The second-order valence-electron chi connectivity index (χ2n) is 6.14. The molecule has 1 aliphatic rings. The van der Waals surface area contributed by atoms with Crippen LogP contribution in [0.25, 0.3) is 0 Å². The number of carbonyl (C=O) groups is 2. The van der Waals surface area contributed by atoms with Crippen molar-refractivity contribution in [2.24, 2.45) is 0 Å². The lowest BCUT2D eigenvalue weighted by atomic mass is 10.1. The van der Waals surface area contributed by atoms with Crippen LogP contribution in [0.15, 0.2) is 36.9 Å². The highest BCUT2D eigenvalue weighted by molar-refractivity contribution is 5.94. The molecule has 7 nitrogen and oxygen atoms in total. The number of methoxy groups -OCH3 is 1. The van der Waals surface area contributed by atoms with Crippen LogP contribution in [-0.2, 0) is 9.47 Å². The molecule has 1 saturated heterocycles. The van der Waals surface area contributed by atoms with Crippen LogP contribution < -0.4 is 5.32 Å². The van der Waals surface area contributed by atoms with Gasteiger partial charge in [0.2, 0.25) is 0 Å². The SMILES string of the molecule is C=CCNC(=O)N1CCOC(CN(CCOC)C(=O)c2ccccc2F)C1. The Hall–Kier alpha value is -2.45. The number of carbonyl (C=O) groups excluding carboxylic acids is 2. The Labute approximate surface area is 158 Å². The highest BCUT2D eigenvalue weighted by atomic mass is 19.1. The fourth-order valence-electron chi connectivity index (χ4n) is 2.81. The van der Waals surface area contributed by atoms with E-state index in [2.05, 4.69) is 11.9 Å². The molecule has 1 unspecified atom stereocenters. The Kier molecular flexibility index (Phi) is 8.22. The van der Waals surface area contributed by atoms with Crippen LogP contribution in [0.2, 0.25) is 0 Å². The van der Waals surface area contributed by atoms with Gasteiger partial charge in [-0.2, -0.15) is 0 Å². The fraction of sp³-hybridized carbons (Fsp3) is 0.474. The molecule has 27 heavy (non-hydrogen) atoms. The zero-order chi connectivity index (χ0) is 19.6. The highest BCUT2D eigenvalue weighted by Gasteiger charge is 2.28. The van der Waals surface area contributed by atoms with Gasteiger partial charge in [-0.3, -0.25) is 4.79 Å². The molecule has 0 aromatic heterocycles. The monoisotopic (exact) mass is 379 g/mol. The number of nitrogens with one attached hydrogen (secondary N) is 1. The van der Waals surface area contributed by atoms with E-state index in [9.17, 15) is 14.0 Å². The summed E-state index contributed by atoms with van der Waals surface area (Å²) >= 11 is 0. The molecule has 1 fully saturated rings. The number of nitrogens with zero attached hydrogens (tertiary/aromatic N) is 2. The van der Waals surface area contributed by atoms with E-state index in [0.717, 1.165) is 0 Å². The van der Waals surface area contributed by atoms with Gasteiger partial charge in [-0.1, -0.05) is 18.2 Å². The first-order chi connectivity index (χ1) is 13.1. The second-order valence-corrected chi connectivity index (χ2v) is 6.14. The summed E-state index contributed by atoms with van der Waals surface area (Å²) in [5.41, 5.74) is 0.00462. The molecule has 0 saturated carbocycles. The molecular weight excluding hydrogens is 353 g/mol. The number of hydrogen-bond donors (Lipinski definition) is 1. The average molecular weight is 379 g/mol. The van der Waals surface area contributed by atoms with E-state index in [-0.39, 0.29) is 24.2 Å². The summed E-state index contributed by atoms with van der Waals surface area (Å²) in [6.07, 6.45) is 1.25. The predicted octanol–water partition coefficient (Wildman–Crippen LogP) is 1.51. The van der Waals surface area contributed by atoms with E-state index in [4.69, 9.17) is 9.47 Å². The van der Waals surface area contributed by atoms with Gasteiger partial charge in [-0.25, -0.2) is 9.18 Å². The van der Waals surface area contributed by atoms with E-state index in [1.807, 2.05) is 0 Å². The Morgan fingerprint density at radius 3 is 2.96 bits per heavy atom. The Bertz CT molecular complexity index is 656. The quantitative estimate of drug-likeness (QED) is 0.695. The molecular formula is C19H26FN3O4. The topological polar surface area (TPSA) is 71.1 Å². The molecule has 1 aromatic carbocycles. The van der Waals surface area contributed by atoms with Crippen LogP contribution in [0.3, 0.4) is 0 Å². The molecule has 3 amide bonds. The van der Waals surface area contributed by atoms with Crippen LogP contribution >= 0.6 is 0 Å². The number of rotatable bonds is 8. The maximum absolute atomic E-state index is 14.0. The normalized spacial score (nSPS) is 16.7. The second kappa shape index (κ2) is 10.6. The van der Waals surface area contributed by atoms with Crippen LogP contribution in [0.1, 0.15) is 10.4 Å². The summed E-state index contributed by atoms with van der Waals surface area (Å²) in [6, 6.07) is 5.66. The zero-order valence-corrected chi connectivity index (χ0v) is 15.5. The minimum atomic E-state index is -0.570. The lowest BCUT2D eigenvalue weighted by Gasteiger charge is -2.35. The molecule has 8 heteroatoms. The molecule has 1 aromatic rings. The third-order valence-electron chi connectivity index (χ3n) is 4.20. The summed E-state index contributed by atoms with van der Waals surface area (Å²) in [4.78, 5) is 28.0. The van der Waals surface area contributed by atoms with E-state index >= 15 is 0 Å². The molecule has 1 aliphatic heterocycles. The van der Waals surface area contributed by atoms with Gasteiger partial charge in [-0.15, -0.1) is 6.58 Å². The van der Waals surface area contributed by atoms with E-state index in [1.165, 1.54) is 30.2 Å². The van der Waals surface area contributed by atoms with E-state index in [1.54, 1.807) is 17.0 Å². The van der Waals surface area contributed by atoms with Crippen LogP contribution in [0.4, 0.5) is 9.18 Å². The van der Waals surface area contributed by atoms with Gasteiger partial charge in [0.25, 0.3) is 5.91 Å². The summed E-state index contributed by atoms with van der Waals surface area (Å²) in [6.45, 7) is 5.99. The molecule has 0 aliphatic carbocycles. The molecule has 0 spiro atoms. The summed E-state index contributed by atoms with van der Waals surface area (Å²) < 4.78 is 24.8. The van der Waals surface area contributed by atoms with Crippen LogP contribution in [0, 0.1) is 5.82 Å². The Balaban J connectivity index is 2.04. The van der Waals surface area contributed by atoms with Crippen molar-refractivity contribution < 1.29 is 23.5 Å². The summed E-state index contributed by atoms with van der Waals surface area (Å²) in [5, 5.41) is 2.73. The van der Waals surface area contributed by atoms with Crippen LogP contribution in [-0.4, -0.2) is 80.9 Å². The molecule has 0 bridgehead atoms. The number of ether oxygens (including phenoxy) is 2. The fourth-order valence-corrected chi connectivity index (χ4v) is 2.81. The maximum Gasteiger partial charge on any atom is 0.317 e. The first kappa shape index (κ1) is 20.9. The smallest absolute Gasteiger partial charge is 0.317 e. The Morgan fingerprint density at radius 1 is 1.48 bits per heavy atom. The summed E-state index contributed by atoms with van der Waals surface area (Å²) in [5.74, 6) is -0.998. The molecule has 148 valence electrons. The van der Waals surface area contributed by atoms with Gasteiger partial charge in [0, 0.05) is 33.3 Å². The van der Waals surface area contributed by atoms with Gasteiger partial charge in [0.05, 0.1) is 31.4 Å². The zero-order valence-electron chi connectivity index (χ0n) is 15.5. The first-order valence-electron chi connectivity index (χ1n) is 8.84. The molecule has 1 atom stereocenters. The van der Waals surface area contributed by atoms with Crippen molar-refractivity contribution in [2.45, 2.75) is 6.10 Å². The average Bonchev–Trinajstić information content (AvgIpc) is 2.69. The Morgan fingerprint density at radius 2 is 2.26 bits per heavy atom. The van der Waals surface area contributed by atoms with Crippen molar-refractivity contribution in [2.75, 3.05) is 53.0 Å². The van der Waals surface area contributed by atoms with Gasteiger partial charge < -0.3 is 24.6 Å². The number of halogens is 1. The minimum absolute atomic E-state index is 0.00462. The van der Waals surface area contributed by atoms with Crippen molar-refractivity contribution in [3.63, 3.8) is 0 Å². The third-order valence-corrected chi connectivity index (χ3v) is 4.20. The van der Waals surface area contributed by atoms with Gasteiger partial charge in [0.15, 0.2) is 0 Å². The van der Waals surface area contributed by atoms with Crippen molar-refractivity contribution in [1.82, 2.24) is 15.1 Å². The largest absolute Gasteiger partial charge is 0.383 e. The van der Waals surface area contributed by atoms with E-state index in [0.29, 0.717) is 39.4 Å². The van der Waals surface area contributed by atoms with Gasteiger partial charge >= 0.3 is 6.03 Å². The van der Waals surface area contributed by atoms with Gasteiger partial charge in [0.1, 0.15) is 5.82 Å². The summed E-state index contributed by atoms with van der Waals surface area (Å²) in [7, 11) is 1.54. The molecule has 0 radical (unpaired) electrons. The number of benzene rings is 1. The third kappa shape index (κ3) is 6.04. The minimum Gasteiger partial charge on any atom is -0.383 e. The number of amides is 3. The predicted molar refractivity (Wildman–Crippen MR) is 99.1 cm³/mol. The maximum atomic E-state index is 14.0. The molecule has 1 heterocycles. The first-order valence-corrected chi connectivity index (χ1v) is 8.84. The lowest BCUT2D eigenvalue weighted by Crippen LogP contribution is -2.53. The molecule has 2 rings (SSSR count).